The Hall–Kier alpha value is -0.860. The highest BCUT2D eigenvalue weighted by Crippen LogP contribution is 2.38. The molecule has 0 amide bonds. The molecule has 2 rings (SSSR count). The lowest BCUT2D eigenvalue weighted by Crippen LogP contribution is -2.45. The van der Waals surface area contributed by atoms with Crippen LogP contribution in [0.4, 0.5) is 0 Å². The SMILES string of the molecule is CCCCN1CC[C@H](O)[C@@]1(C)c1ccccc1. The van der Waals surface area contributed by atoms with E-state index in [1.165, 1.54) is 18.4 Å². The van der Waals surface area contributed by atoms with Gasteiger partial charge in [-0.25, -0.2) is 0 Å². The maximum absolute atomic E-state index is 10.3. The van der Waals surface area contributed by atoms with Gasteiger partial charge < -0.3 is 5.11 Å². The standard InChI is InChI=1S/C15H23NO/c1-3-4-11-16-12-10-14(17)15(16,2)13-8-6-5-7-9-13/h5-9,14,17H,3-4,10-12H2,1-2H3/t14-,15+/m0/s1. The van der Waals surface area contributed by atoms with Gasteiger partial charge in [0.25, 0.3) is 0 Å². The van der Waals surface area contributed by atoms with E-state index in [0.29, 0.717) is 0 Å². The van der Waals surface area contributed by atoms with E-state index >= 15 is 0 Å². The molecule has 1 heterocycles. The summed E-state index contributed by atoms with van der Waals surface area (Å²) in [4.78, 5) is 2.44. The summed E-state index contributed by atoms with van der Waals surface area (Å²) in [5.41, 5.74) is 1.04. The smallest absolute Gasteiger partial charge is 0.0775 e. The Morgan fingerprint density at radius 3 is 2.71 bits per heavy atom. The zero-order valence-corrected chi connectivity index (χ0v) is 10.9. The Labute approximate surface area is 104 Å². The quantitative estimate of drug-likeness (QED) is 0.864. The monoisotopic (exact) mass is 233 g/mol. The summed E-state index contributed by atoms with van der Waals surface area (Å²) in [7, 11) is 0. The fourth-order valence-electron chi connectivity index (χ4n) is 2.85. The topological polar surface area (TPSA) is 23.5 Å². The third-order valence-corrected chi connectivity index (χ3v) is 4.12. The Morgan fingerprint density at radius 2 is 2.06 bits per heavy atom. The van der Waals surface area contributed by atoms with Crippen LogP contribution in [0.3, 0.4) is 0 Å². The molecule has 94 valence electrons. The first-order valence-corrected chi connectivity index (χ1v) is 6.68. The molecule has 0 unspecified atom stereocenters. The average Bonchev–Trinajstić information content (AvgIpc) is 2.66. The molecule has 0 aromatic heterocycles. The molecule has 1 aromatic carbocycles. The van der Waals surface area contributed by atoms with Crippen molar-refractivity contribution in [2.24, 2.45) is 0 Å². The van der Waals surface area contributed by atoms with Crippen LogP contribution < -0.4 is 0 Å². The largest absolute Gasteiger partial charge is 0.391 e. The zero-order valence-electron chi connectivity index (χ0n) is 10.9. The van der Waals surface area contributed by atoms with Crippen molar-refractivity contribution >= 4 is 0 Å². The van der Waals surface area contributed by atoms with E-state index in [1.807, 2.05) is 6.07 Å². The van der Waals surface area contributed by atoms with Gasteiger partial charge in [0.2, 0.25) is 0 Å². The lowest BCUT2D eigenvalue weighted by atomic mass is 9.87. The first kappa shape index (κ1) is 12.6. The predicted molar refractivity (Wildman–Crippen MR) is 70.9 cm³/mol. The summed E-state index contributed by atoms with van der Waals surface area (Å²) in [6.45, 7) is 6.48. The van der Waals surface area contributed by atoms with Crippen LogP contribution in [-0.2, 0) is 5.54 Å². The lowest BCUT2D eigenvalue weighted by molar-refractivity contribution is 0.0375. The molecule has 0 radical (unpaired) electrons. The van der Waals surface area contributed by atoms with Crippen LogP contribution in [0.25, 0.3) is 0 Å². The van der Waals surface area contributed by atoms with Crippen molar-refractivity contribution in [3.05, 3.63) is 35.9 Å². The lowest BCUT2D eigenvalue weighted by Gasteiger charge is -2.38. The van der Waals surface area contributed by atoms with Gasteiger partial charge in [-0.2, -0.15) is 0 Å². The van der Waals surface area contributed by atoms with E-state index < -0.39 is 0 Å². The van der Waals surface area contributed by atoms with Crippen molar-refractivity contribution in [1.29, 1.82) is 0 Å². The highest BCUT2D eigenvalue weighted by molar-refractivity contribution is 5.27. The minimum absolute atomic E-state index is 0.198. The number of nitrogens with zero attached hydrogens (tertiary/aromatic N) is 1. The van der Waals surface area contributed by atoms with Crippen molar-refractivity contribution in [3.63, 3.8) is 0 Å². The van der Waals surface area contributed by atoms with Gasteiger partial charge in [0.15, 0.2) is 0 Å². The van der Waals surface area contributed by atoms with Gasteiger partial charge >= 0.3 is 0 Å². The number of rotatable bonds is 4. The van der Waals surface area contributed by atoms with Crippen molar-refractivity contribution in [1.82, 2.24) is 4.90 Å². The number of unbranched alkanes of at least 4 members (excludes halogenated alkanes) is 1. The molecule has 2 atom stereocenters. The van der Waals surface area contributed by atoms with Gasteiger partial charge in [-0.3, -0.25) is 4.90 Å². The van der Waals surface area contributed by atoms with Gasteiger partial charge in [-0.1, -0.05) is 43.7 Å². The Bertz CT molecular complexity index is 351. The fraction of sp³-hybridized carbons (Fsp3) is 0.600. The molecule has 0 aliphatic carbocycles. The van der Waals surface area contributed by atoms with Crippen LogP contribution in [0.2, 0.25) is 0 Å². The van der Waals surface area contributed by atoms with Crippen LogP contribution in [0.15, 0.2) is 30.3 Å². The molecule has 0 saturated carbocycles. The minimum Gasteiger partial charge on any atom is -0.391 e. The molecule has 1 N–H and O–H groups in total. The molecule has 2 heteroatoms. The second kappa shape index (κ2) is 5.19. The molecule has 1 aliphatic heterocycles. The Balaban J connectivity index is 2.25. The van der Waals surface area contributed by atoms with Crippen molar-refractivity contribution in [2.45, 2.75) is 44.8 Å². The molecular formula is C15H23NO. The number of hydrogen-bond acceptors (Lipinski definition) is 2. The molecule has 1 fully saturated rings. The van der Waals surface area contributed by atoms with E-state index in [0.717, 1.165) is 19.5 Å². The van der Waals surface area contributed by atoms with Crippen molar-refractivity contribution in [2.75, 3.05) is 13.1 Å². The first-order chi connectivity index (χ1) is 8.19. The predicted octanol–water partition coefficient (Wildman–Crippen LogP) is 2.77. The third-order valence-electron chi connectivity index (χ3n) is 4.12. The van der Waals surface area contributed by atoms with Gasteiger partial charge in [-0.15, -0.1) is 0 Å². The number of aliphatic hydroxyl groups is 1. The third kappa shape index (κ3) is 2.24. The van der Waals surface area contributed by atoms with E-state index in [-0.39, 0.29) is 11.6 Å². The second-order valence-corrected chi connectivity index (χ2v) is 5.16. The number of aliphatic hydroxyl groups excluding tert-OH is 1. The van der Waals surface area contributed by atoms with E-state index in [1.54, 1.807) is 0 Å². The molecule has 1 saturated heterocycles. The number of hydrogen-bond donors (Lipinski definition) is 1. The van der Waals surface area contributed by atoms with Crippen LogP contribution in [0.5, 0.6) is 0 Å². The molecule has 17 heavy (non-hydrogen) atoms. The maximum Gasteiger partial charge on any atom is 0.0775 e. The van der Waals surface area contributed by atoms with Crippen LogP contribution in [0.1, 0.15) is 38.7 Å². The summed E-state index contributed by atoms with van der Waals surface area (Å²) in [6, 6.07) is 10.4. The molecule has 1 aromatic rings. The zero-order chi connectivity index (χ0) is 12.3. The number of benzene rings is 1. The molecular weight excluding hydrogens is 210 g/mol. The van der Waals surface area contributed by atoms with Crippen LogP contribution >= 0.6 is 0 Å². The van der Waals surface area contributed by atoms with E-state index in [2.05, 4.69) is 43.0 Å². The van der Waals surface area contributed by atoms with Crippen molar-refractivity contribution < 1.29 is 5.11 Å². The molecule has 2 nitrogen and oxygen atoms in total. The van der Waals surface area contributed by atoms with Gasteiger partial charge in [0.1, 0.15) is 0 Å². The normalized spacial score (nSPS) is 29.7. The van der Waals surface area contributed by atoms with Gasteiger partial charge in [0.05, 0.1) is 11.6 Å². The van der Waals surface area contributed by atoms with E-state index in [9.17, 15) is 5.11 Å². The van der Waals surface area contributed by atoms with Crippen molar-refractivity contribution in [3.8, 4) is 0 Å². The summed E-state index contributed by atoms with van der Waals surface area (Å²) in [6.07, 6.45) is 3.04. The van der Waals surface area contributed by atoms with Gasteiger partial charge in [-0.05, 0) is 31.9 Å². The Kier molecular flexibility index (Phi) is 3.85. The average molecular weight is 233 g/mol. The highest BCUT2D eigenvalue weighted by Gasteiger charge is 2.44. The highest BCUT2D eigenvalue weighted by atomic mass is 16.3. The molecule has 1 aliphatic rings. The molecule has 0 bridgehead atoms. The summed E-state index contributed by atoms with van der Waals surface area (Å²) < 4.78 is 0. The van der Waals surface area contributed by atoms with E-state index in [4.69, 9.17) is 0 Å². The Morgan fingerprint density at radius 1 is 1.35 bits per heavy atom. The maximum atomic E-state index is 10.3. The summed E-state index contributed by atoms with van der Waals surface area (Å²) in [5.74, 6) is 0. The van der Waals surface area contributed by atoms with Crippen LogP contribution in [-0.4, -0.2) is 29.2 Å². The number of likely N-dealkylation sites (tertiary alicyclic amines) is 1. The summed E-state index contributed by atoms with van der Waals surface area (Å²) >= 11 is 0. The first-order valence-electron chi connectivity index (χ1n) is 6.68. The van der Waals surface area contributed by atoms with Gasteiger partial charge in [0, 0.05) is 6.54 Å². The minimum atomic E-state index is -0.248. The summed E-state index contributed by atoms with van der Waals surface area (Å²) in [5, 5.41) is 10.3. The van der Waals surface area contributed by atoms with Crippen LogP contribution in [0, 0.1) is 0 Å². The molecule has 0 spiro atoms. The second-order valence-electron chi connectivity index (χ2n) is 5.16. The fourth-order valence-corrected chi connectivity index (χ4v) is 2.85.